The van der Waals surface area contributed by atoms with E-state index in [-0.39, 0.29) is 5.95 Å². The van der Waals surface area contributed by atoms with E-state index in [9.17, 15) is 10.1 Å². The van der Waals surface area contributed by atoms with E-state index in [0.29, 0.717) is 6.54 Å². The standard InChI is InChI=1S/C10H10N4O3/c1-17-9-4-2-8(3-5-9)6-13-10(14(15)16)11-7-12-13/h2-5,7H,6H2,1H3. The molecule has 88 valence electrons. The van der Waals surface area contributed by atoms with E-state index < -0.39 is 4.92 Å². The van der Waals surface area contributed by atoms with E-state index >= 15 is 0 Å². The third-order valence-electron chi connectivity index (χ3n) is 2.25. The van der Waals surface area contributed by atoms with Crippen molar-refractivity contribution < 1.29 is 9.66 Å². The second-order valence-electron chi connectivity index (χ2n) is 3.32. The second-order valence-corrected chi connectivity index (χ2v) is 3.32. The van der Waals surface area contributed by atoms with Crippen LogP contribution in [0.3, 0.4) is 0 Å². The first kappa shape index (κ1) is 11.1. The zero-order valence-corrected chi connectivity index (χ0v) is 9.11. The van der Waals surface area contributed by atoms with Crippen molar-refractivity contribution in [3.8, 4) is 5.75 Å². The van der Waals surface area contributed by atoms with E-state index in [1.807, 2.05) is 12.1 Å². The van der Waals surface area contributed by atoms with Crippen LogP contribution in [-0.4, -0.2) is 26.8 Å². The predicted molar refractivity (Wildman–Crippen MR) is 58.8 cm³/mol. The van der Waals surface area contributed by atoms with Crippen LogP contribution in [0.15, 0.2) is 30.6 Å². The summed E-state index contributed by atoms with van der Waals surface area (Å²) in [5.74, 6) is 0.475. The molecule has 0 N–H and O–H groups in total. The summed E-state index contributed by atoms with van der Waals surface area (Å²) in [6.45, 7) is 0.306. The number of methoxy groups -OCH3 is 1. The Balaban J connectivity index is 2.19. The number of nitrogens with zero attached hydrogens (tertiary/aromatic N) is 4. The van der Waals surface area contributed by atoms with E-state index in [0.717, 1.165) is 11.3 Å². The molecule has 0 bridgehead atoms. The zero-order chi connectivity index (χ0) is 12.3. The lowest BCUT2D eigenvalue weighted by Gasteiger charge is -2.02. The molecule has 0 aliphatic carbocycles. The molecular weight excluding hydrogens is 224 g/mol. The Morgan fingerprint density at radius 1 is 1.41 bits per heavy atom. The number of rotatable bonds is 4. The molecule has 1 aromatic heterocycles. The maximum Gasteiger partial charge on any atom is 0.455 e. The minimum atomic E-state index is -0.559. The highest BCUT2D eigenvalue weighted by molar-refractivity contribution is 5.27. The Morgan fingerprint density at radius 3 is 2.71 bits per heavy atom. The van der Waals surface area contributed by atoms with Gasteiger partial charge in [0.15, 0.2) is 0 Å². The minimum Gasteiger partial charge on any atom is -0.497 e. The van der Waals surface area contributed by atoms with Crippen LogP contribution in [0.5, 0.6) is 5.75 Å². The molecule has 0 saturated heterocycles. The molecular formula is C10H10N4O3. The van der Waals surface area contributed by atoms with E-state index in [1.54, 1.807) is 19.2 Å². The van der Waals surface area contributed by atoms with Crippen molar-refractivity contribution in [2.45, 2.75) is 6.54 Å². The summed E-state index contributed by atoms with van der Waals surface area (Å²) in [4.78, 5) is 13.7. The largest absolute Gasteiger partial charge is 0.497 e. The van der Waals surface area contributed by atoms with E-state index in [4.69, 9.17) is 4.74 Å². The lowest BCUT2D eigenvalue weighted by Crippen LogP contribution is -2.06. The monoisotopic (exact) mass is 234 g/mol. The van der Waals surface area contributed by atoms with Gasteiger partial charge in [-0.3, -0.25) is 0 Å². The molecule has 7 heteroatoms. The topological polar surface area (TPSA) is 83.1 Å². The number of hydrogen-bond donors (Lipinski definition) is 0. The van der Waals surface area contributed by atoms with Crippen molar-refractivity contribution >= 4 is 5.95 Å². The van der Waals surface area contributed by atoms with Gasteiger partial charge in [0, 0.05) is 0 Å². The average molecular weight is 234 g/mol. The molecule has 0 unspecified atom stereocenters. The van der Waals surface area contributed by atoms with Gasteiger partial charge in [0.2, 0.25) is 6.33 Å². The van der Waals surface area contributed by atoms with Crippen LogP contribution in [0.2, 0.25) is 0 Å². The van der Waals surface area contributed by atoms with E-state index in [2.05, 4.69) is 10.1 Å². The summed E-state index contributed by atoms with van der Waals surface area (Å²) in [6.07, 6.45) is 1.17. The quantitative estimate of drug-likeness (QED) is 0.587. The average Bonchev–Trinajstić information content (AvgIpc) is 2.78. The number of benzene rings is 1. The molecule has 17 heavy (non-hydrogen) atoms. The van der Waals surface area contributed by atoms with Crippen LogP contribution in [0.25, 0.3) is 0 Å². The van der Waals surface area contributed by atoms with Crippen molar-refractivity contribution in [3.63, 3.8) is 0 Å². The molecule has 1 aromatic carbocycles. The number of nitro groups is 1. The predicted octanol–water partition coefficient (Wildman–Crippen LogP) is 1.24. The summed E-state index contributed by atoms with van der Waals surface area (Å²) in [7, 11) is 1.58. The Hall–Kier alpha value is -2.44. The fourth-order valence-corrected chi connectivity index (χ4v) is 1.41. The van der Waals surface area contributed by atoms with Crippen LogP contribution in [0, 0.1) is 10.1 Å². The SMILES string of the molecule is COc1ccc(Cn2ncnc2[N+](=O)[O-])cc1. The zero-order valence-electron chi connectivity index (χ0n) is 9.11. The van der Waals surface area contributed by atoms with Gasteiger partial charge < -0.3 is 14.9 Å². The van der Waals surface area contributed by atoms with Gasteiger partial charge in [-0.25, -0.2) is 0 Å². The van der Waals surface area contributed by atoms with Gasteiger partial charge in [-0.1, -0.05) is 22.2 Å². The summed E-state index contributed by atoms with van der Waals surface area (Å²) >= 11 is 0. The van der Waals surface area contributed by atoms with Crippen molar-refractivity contribution in [2.24, 2.45) is 0 Å². The number of hydrogen-bond acceptors (Lipinski definition) is 5. The second kappa shape index (κ2) is 4.60. The Labute approximate surface area is 96.8 Å². The lowest BCUT2D eigenvalue weighted by molar-refractivity contribution is -0.397. The van der Waals surface area contributed by atoms with Crippen LogP contribution >= 0.6 is 0 Å². The van der Waals surface area contributed by atoms with Gasteiger partial charge in [0.1, 0.15) is 12.3 Å². The van der Waals surface area contributed by atoms with Gasteiger partial charge in [-0.15, -0.1) is 4.68 Å². The van der Waals surface area contributed by atoms with Gasteiger partial charge >= 0.3 is 5.95 Å². The van der Waals surface area contributed by atoms with Gasteiger partial charge in [-0.05, 0) is 22.6 Å². The molecule has 1 heterocycles. The van der Waals surface area contributed by atoms with Crippen molar-refractivity contribution in [1.82, 2.24) is 14.8 Å². The number of aromatic nitrogens is 3. The molecule has 0 amide bonds. The Morgan fingerprint density at radius 2 is 2.12 bits per heavy atom. The molecule has 0 radical (unpaired) electrons. The summed E-state index contributed by atoms with van der Waals surface area (Å²) in [5.41, 5.74) is 0.888. The molecule has 2 aromatic rings. The highest BCUT2D eigenvalue weighted by atomic mass is 16.6. The van der Waals surface area contributed by atoms with Crippen molar-refractivity contribution in [1.29, 1.82) is 0 Å². The Kier molecular flexibility index (Phi) is 2.99. The van der Waals surface area contributed by atoms with Crippen molar-refractivity contribution in [3.05, 3.63) is 46.3 Å². The van der Waals surface area contributed by atoms with E-state index in [1.165, 1.54) is 11.0 Å². The van der Waals surface area contributed by atoms with Gasteiger partial charge in [0.25, 0.3) is 0 Å². The third kappa shape index (κ3) is 2.39. The first-order chi connectivity index (χ1) is 8.20. The normalized spacial score (nSPS) is 10.2. The van der Waals surface area contributed by atoms with Crippen LogP contribution in [0.1, 0.15) is 5.56 Å². The lowest BCUT2D eigenvalue weighted by atomic mass is 10.2. The van der Waals surface area contributed by atoms with Gasteiger partial charge in [-0.2, -0.15) is 0 Å². The Bertz CT molecular complexity index is 521. The highest BCUT2D eigenvalue weighted by Gasteiger charge is 2.15. The van der Waals surface area contributed by atoms with Crippen LogP contribution in [0.4, 0.5) is 5.95 Å². The molecule has 0 atom stereocenters. The molecule has 0 spiro atoms. The smallest absolute Gasteiger partial charge is 0.455 e. The fourth-order valence-electron chi connectivity index (χ4n) is 1.41. The molecule has 2 rings (SSSR count). The highest BCUT2D eigenvalue weighted by Crippen LogP contribution is 2.14. The molecule has 7 nitrogen and oxygen atoms in total. The maximum atomic E-state index is 10.6. The first-order valence-corrected chi connectivity index (χ1v) is 4.86. The molecule has 0 aliphatic rings. The first-order valence-electron chi connectivity index (χ1n) is 4.86. The minimum absolute atomic E-state index is 0.263. The van der Waals surface area contributed by atoms with Crippen molar-refractivity contribution in [2.75, 3.05) is 7.11 Å². The summed E-state index contributed by atoms with van der Waals surface area (Å²) in [5, 5.41) is 14.4. The fraction of sp³-hybridized carbons (Fsp3) is 0.200. The van der Waals surface area contributed by atoms with Crippen LogP contribution < -0.4 is 4.74 Å². The molecule has 0 fully saturated rings. The third-order valence-corrected chi connectivity index (χ3v) is 2.25. The molecule has 0 saturated carbocycles. The molecule has 0 aliphatic heterocycles. The maximum absolute atomic E-state index is 10.6. The van der Waals surface area contributed by atoms with Crippen LogP contribution in [-0.2, 0) is 6.54 Å². The summed E-state index contributed by atoms with van der Waals surface area (Å²) < 4.78 is 6.26. The van der Waals surface area contributed by atoms with Gasteiger partial charge in [0.05, 0.1) is 7.11 Å². The number of ether oxygens (including phenoxy) is 1. The summed E-state index contributed by atoms with van der Waals surface area (Å²) in [6, 6.07) is 7.23.